The van der Waals surface area contributed by atoms with Crippen molar-refractivity contribution in [3.05, 3.63) is 76.0 Å². The van der Waals surface area contributed by atoms with Crippen LogP contribution in [0.5, 0.6) is 5.75 Å². The lowest BCUT2D eigenvalue weighted by molar-refractivity contribution is 0.407. The van der Waals surface area contributed by atoms with Gasteiger partial charge >= 0.3 is 5.69 Å². The molecule has 0 radical (unpaired) electrons. The number of methoxy groups -OCH3 is 1. The van der Waals surface area contributed by atoms with Crippen molar-refractivity contribution >= 4 is 11.8 Å². The molecular weight excluding hydrogens is 351 g/mol. The van der Waals surface area contributed by atoms with Gasteiger partial charge in [0.1, 0.15) is 16.6 Å². The average Bonchev–Trinajstić information content (AvgIpc) is 2.67. The minimum absolute atomic E-state index is 0.238. The molecule has 0 fully saturated rings. The summed E-state index contributed by atoms with van der Waals surface area (Å²) < 4.78 is 20.2. The van der Waals surface area contributed by atoms with Crippen molar-refractivity contribution in [2.75, 3.05) is 7.11 Å². The van der Waals surface area contributed by atoms with Crippen LogP contribution in [-0.2, 0) is 18.7 Å². The zero-order chi connectivity index (χ0) is 18.1. The number of benzene rings is 2. The second-order valence-corrected chi connectivity index (χ2v) is 7.06. The van der Waals surface area contributed by atoms with Crippen LogP contribution in [0.3, 0.4) is 0 Å². The van der Waals surface area contributed by atoms with Gasteiger partial charge in [-0.25, -0.2) is 9.18 Å². The minimum atomic E-state index is -0.255. The number of hydrogen-bond acceptors (Lipinski definition) is 4. The molecule has 0 spiro atoms. The monoisotopic (exact) mass is 368 g/mol. The SMILES string of the molecule is COc1cccc2c1CCn1c-2cc(SCc2ccc(F)cc2)nc1=O. The summed E-state index contributed by atoms with van der Waals surface area (Å²) in [5.41, 5.74) is 3.75. The molecule has 1 aliphatic rings. The van der Waals surface area contributed by atoms with Gasteiger partial charge in [-0.3, -0.25) is 4.57 Å². The summed E-state index contributed by atoms with van der Waals surface area (Å²) in [7, 11) is 1.66. The molecule has 0 saturated heterocycles. The number of hydrogen-bond donors (Lipinski definition) is 0. The van der Waals surface area contributed by atoms with Crippen LogP contribution in [-0.4, -0.2) is 16.7 Å². The van der Waals surface area contributed by atoms with E-state index in [4.69, 9.17) is 4.74 Å². The fraction of sp³-hybridized carbons (Fsp3) is 0.200. The molecule has 0 atom stereocenters. The van der Waals surface area contributed by atoms with Crippen molar-refractivity contribution in [2.24, 2.45) is 0 Å². The van der Waals surface area contributed by atoms with Gasteiger partial charge in [-0.15, -0.1) is 11.8 Å². The van der Waals surface area contributed by atoms with Gasteiger partial charge in [0, 0.05) is 23.4 Å². The van der Waals surface area contributed by atoms with Crippen molar-refractivity contribution in [3.63, 3.8) is 0 Å². The molecule has 1 aromatic heterocycles. The Balaban J connectivity index is 1.68. The van der Waals surface area contributed by atoms with E-state index in [1.165, 1.54) is 23.9 Å². The van der Waals surface area contributed by atoms with Gasteiger partial charge in [-0.2, -0.15) is 4.98 Å². The maximum Gasteiger partial charge on any atom is 0.349 e. The topological polar surface area (TPSA) is 44.1 Å². The van der Waals surface area contributed by atoms with Crippen LogP contribution in [0.25, 0.3) is 11.3 Å². The molecule has 0 N–H and O–H groups in total. The summed E-state index contributed by atoms with van der Waals surface area (Å²) in [5, 5.41) is 0.668. The lowest BCUT2D eigenvalue weighted by Gasteiger charge is -2.23. The third-order valence-electron chi connectivity index (χ3n) is 4.50. The Morgan fingerprint density at radius 1 is 1.23 bits per heavy atom. The molecule has 6 heteroatoms. The molecular formula is C20H17FN2O2S. The number of halogens is 1. The molecule has 3 aromatic rings. The number of aromatic nitrogens is 2. The molecule has 1 aliphatic heterocycles. The van der Waals surface area contributed by atoms with E-state index in [0.29, 0.717) is 17.3 Å². The predicted octanol–water partition coefficient (Wildman–Crippen LogP) is 3.91. The van der Waals surface area contributed by atoms with Crippen molar-refractivity contribution in [2.45, 2.75) is 23.7 Å². The average molecular weight is 368 g/mol. The second-order valence-electron chi connectivity index (χ2n) is 6.07. The Morgan fingerprint density at radius 2 is 2.04 bits per heavy atom. The molecule has 0 bridgehead atoms. The summed E-state index contributed by atoms with van der Waals surface area (Å²) in [6.07, 6.45) is 0.746. The number of rotatable bonds is 4. The third kappa shape index (κ3) is 3.12. The van der Waals surface area contributed by atoms with Gasteiger partial charge in [0.15, 0.2) is 0 Å². The third-order valence-corrected chi connectivity index (χ3v) is 5.48. The zero-order valence-corrected chi connectivity index (χ0v) is 15.1. The highest BCUT2D eigenvalue weighted by Crippen LogP contribution is 2.35. The fourth-order valence-electron chi connectivity index (χ4n) is 3.21. The predicted molar refractivity (Wildman–Crippen MR) is 100 cm³/mol. The van der Waals surface area contributed by atoms with Gasteiger partial charge in [-0.05, 0) is 36.2 Å². The zero-order valence-electron chi connectivity index (χ0n) is 14.2. The molecule has 4 rings (SSSR count). The standard InChI is InChI=1S/C20H17FN2O2S/c1-25-18-4-2-3-15-16(18)9-10-23-17(15)11-19(22-20(23)24)26-12-13-5-7-14(21)8-6-13/h2-8,11H,9-10,12H2,1H3. The maximum atomic E-state index is 13.0. The van der Waals surface area contributed by atoms with E-state index in [-0.39, 0.29) is 11.5 Å². The quantitative estimate of drug-likeness (QED) is 0.517. The first-order chi connectivity index (χ1) is 12.7. The summed E-state index contributed by atoms with van der Waals surface area (Å²) >= 11 is 1.47. The molecule has 2 aromatic carbocycles. The van der Waals surface area contributed by atoms with Crippen LogP contribution in [0.1, 0.15) is 11.1 Å². The first-order valence-corrected chi connectivity index (χ1v) is 9.29. The van der Waals surface area contributed by atoms with Gasteiger partial charge in [0.2, 0.25) is 0 Å². The Morgan fingerprint density at radius 3 is 2.81 bits per heavy atom. The molecule has 2 heterocycles. The van der Waals surface area contributed by atoms with Crippen LogP contribution in [0.2, 0.25) is 0 Å². The molecule has 132 valence electrons. The largest absolute Gasteiger partial charge is 0.496 e. The lowest BCUT2D eigenvalue weighted by Crippen LogP contribution is -2.28. The molecule has 0 unspecified atom stereocenters. The number of ether oxygens (including phenoxy) is 1. The Hall–Kier alpha value is -2.60. The number of fused-ring (bicyclic) bond motifs is 3. The maximum absolute atomic E-state index is 13.0. The molecule has 26 heavy (non-hydrogen) atoms. The van der Waals surface area contributed by atoms with E-state index in [0.717, 1.165) is 34.6 Å². The van der Waals surface area contributed by atoms with Crippen LogP contribution >= 0.6 is 11.8 Å². The van der Waals surface area contributed by atoms with Crippen LogP contribution in [0.15, 0.2) is 58.4 Å². The minimum Gasteiger partial charge on any atom is -0.496 e. The molecule has 0 aliphatic carbocycles. The van der Waals surface area contributed by atoms with E-state index >= 15 is 0 Å². The molecule has 0 amide bonds. The summed E-state index contributed by atoms with van der Waals surface area (Å²) in [6.45, 7) is 0.595. The molecule has 4 nitrogen and oxygen atoms in total. The first-order valence-electron chi connectivity index (χ1n) is 8.31. The van der Waals surface area contributed by atoms with E-state index in [2.05, 4.69) is 4.98 Å². The van der Waals surface area contributed by atoms with Gasteiger partial charge in [0.25, 0.3) is 0 Å². The van der Waals surface area contributed by atoms with Gasteiger partial charge in [0.05, 0.1) is 12.8 Å². The molecule has 0 saturated carbocycles. The second kappa shape index (κ2) is 6.96. The van der Waals surface area contributed by atoms with Gasteiger partial charge < -0.3 is 4.74 Å². The van der Waals surface area contributed by atoms with E-state index in [1.807, 2.05) is 24.3 Å². The normalized spacial score (nSPS) is 12.4. The van der Waals surface area contributed by atoms with E-state index in [9.17, 15) is 9.18 Å². The van der Waals surface area contributed by atoms with Crippen molar-refractivity contribution in [1.82, 2.24) is 9.55 Å². The van der Waals surface area contributed by atoms with Crippen molar-refractivity contribution in [3.8, 4) is 17.0 Å². The lowest BCUT2D eigenvalue weighted by atomic mass is 9.97. The summed E-state index contributed by atoms with van der Waals surface area (Å²) in [6, 6.07) is 14.2. The van der Waals surface area contributed by atoms with Crippen LogP contribution in [0, 0.1) is 5.82 Å². The Bertz CT molecular complexity index is 1020. The highest BCUT2D eigenvalue weighted by Gasteiger charge is 2.21. The van der Waals surface area contributed by atoms with E-state index in [1.54, 1.807) is 23.8 Å². The fourth-order valence-corrected chi connectivity index (χ4v) is 4.06. The number of nitrogens with zero attached hydrogens (tertiary/aromatic N) is 2. The summed E-state index contributed by atoms with van der Waals surface area (Å²) in [4.78, 5) is 16.7. The van der Waals surface area contributed by atoms with Crippen molar-refractivity contribution in [1.29, 1.82) is 0 Å². The number of thioether (sulfide) groups is 1. The van der Waals surface area contributed by atoms with Gasteiger partial charge in [-0.1, -0.05) is 24.3 Å². The highest BCUT2D eigenvalue weighted by molar-refractivity contribution is 7.98. The summed E-state index contributed by atoms with van der Waals surface area (Å²) in [5.74, 6) is 1.22. The Kier molecular flexibility index (Phi) is 4.51. The van der Waals surface area contributed by atoms with Crippen molar-refractivity contribution < 1.29 is 9.13 Å². The highest BCUT2D eigenvalue weighted by atomic mass is 32.2. The smallest absolute Gasteiger partial charge is 0.349 e. The first kappa shape index (κ1) is 16.8. The van der Waals surface area contributed by atoms with Crippen LogP contribution in [0.4, 0.5) is 4.39 Å². The Labute approximate surface area is 154 Å². The van der Waals surface area contributed by atoms with E-state index < -0.39 is 0 Å². The van der Waals surface area contributed by atoms with Crippen LogP contribution < -0.4 is 10.4 Å².